The monoisotopic (exact) mass is 293 g/mol. The van der Waals surface area contributed by atoms with Gasteiger partial charge in [-0.15, -0.1) is 0 Å². The molecule has 1 unspecified atom stereocenters. The van der Waals surface area contributed by atoms with Crippen molar-refractivity contribution in [1.82, 2.24) is 5.32 Å². The van der Waals surface area contributed by atoms with Crippen molar-refractivity contribution >= 4 is 17.8 Å². The highest BCUT2D eigenvalue weighted by Gasteiger charge is 2.36. The Kier molecular flexibility index (Phi) is 5.90. The van der Waals surface area contributed by atoms with Crippen LogP contribution in [0.15, 0.2) is 30.3 Å². The molecule has 0 fully saturated rings. The van der Waals surface area contributed by atoms with Crippen LogP contribution in [0.2, 0.25) is 0 Å². The summed E-state index contributed by atoms with van der Waals surface area (Å²) in [5.41, 5.74) is -1.07. The SMILES string of the molecule is CCOC(=O)CCC(=O)NC(C)(C(=O)O)c1ccccc1. The smallest absolute Gasteiger partial charge is 0.333 e. The molecule has 21 heavy (non-hydrogen) atoms. The highest BCUT2D eigenvalue weighted by Crippen LogP contribution is 2.21. The van der Waals surface area contributed by atoms with Gasteiger partial charge >= 0.3 is 11.9 Å². The van der Waals surface area contributed by atoms with Crippen molar-refractivity contribution in [1.29, 1.82) is 0 Å². The van der Waals surface area contributed by atoms with Crippen molar-refractivity contribution in [2.24, 2.45) is 0 Å². The molecule has 0 saturated carbocycles. The van der Waals surface area contributed by atoms with Crippen LogP contribution in [0, 0.1) is 0 Å². The first kappa shape index (κ1) is 16.7. The predicted octanol–water partition coefficient (Wildman–Crippen LogP) is 1.45. The standard InChI is InChI=1S/C15H19NO5/c1-3-21-13(18)10-9-12(17)16-15(2,14(19)20)11-7-5-4-6-8-11/h4-8H,3,9-10H2,1-2H3,(H,16,17)(H,19,20). The number of rotatable bonds is 7. The summed E-state index contributed by atoms with van der Waals surface area (Å²) in [6.07, 6.45) is -0.196. The van der Waals surface area contributed by atoms with Crippen LogP contribution < -0.4 is 5.32 Å². The number of carboxylic acids is 1. The van der Waals surface area contributed by atoms with Crippen LogP contribution in [0.5, 0.6) is 0 Å². The largest absolute Gasteiger partial charge is 0.479 e. The summed E-state index contributed by atoms with van der Waals surface area (Å²) in [5, 5.41) is 11.9. The van der Waals surface area contributed by atoms with Gasteiger partial charge in [0, 0.05) is 6.42 Å². The molecule has 0 bridgehead atoms. The van der Waals surface area contributed by atoms with Crippen LogP contribution >= 0.6 is 0 Å². The molecular formula is C15H19NO5. The number of ether oxygens (including phenoxy) is 1. The second-order valence-electron chi connectivity index (χ2n) is 4.65. The summed E-state index contributed by atoms with van der Waals surface area (Å²) in [4.78, 5) is 34.6. The van der Waals surface area contributed by atoms with Gasteiger partial charge in [-0.25, -0.2) is 4.79 Å². The van der Waals surface area contributed by atoms with Gasteiger partial charge in [0.25, 0.3) is 0 Å². The average molecular weight is 293 g/mol. The minimum absolute atomic E-state index is 0.0792. The Morgan fingerprint density at radius 1 is 1.19 bits per heavy atom. The molecule has 0 radical (unpaired) electrons. The van der Waals surface area contributed by atoms with Crippen LogP contribution in [0.4, 0.5) is 0 Å². The second-order valence-corrected chi connectivity index (χ2v) is 4.65. The first-order chi connectivity index (χ1) is 9.90. The van der Waals surface area contributed by atoms with E-state index in [1.807, 2.05) is 0 Å². The average Bonchev–Trinajstić information content (AvgIpc) is 2.46. The van der Waals surface area contributed by atoms with Crippen LogP contribution in [-0.4, -0.2) is 29.6 Å². The summed E-state index contributed by atoms with van der Waals surface area (Å²) < 4.78 is 4.72. The number of aliphatic carboxylic acids is 1. The van der Waals surface area contributed by atoms with Crippen molar-refractivity contribution < 1.29 is 24.2 Å². The molecule has 1 atom stereocenters. The summed E-state index contributed by atoms with van der Waals surface area (Å²) in [6.45, 7) is 3.33. The van der Waals surface area contributed by atoms with Crippen LogP contribution in [0.1, 0.15) is 32.3 Å². The number of amides is 1. The van der Waals surface area contributed by atoms with E-state index in [9.17, 15) is 19.5 Å². The zero-order valence-corrected chi connectivity index (χ0v) is 12.1. The van der Waals surface area contributed by atoms with Gasteiger partial charge in [-0.05, 0) is 19.4 Å². The van der Waals surface area contributed by atoms with E-state index in [0.717, 1.165) is 0 Å². The highest BCUT2D eigenvalue weighted by atomic mass is 16.5. The lowest BCUT2D eigenvalue weighted by Gasteiger charge is -2.26. The molecule has 1 aromatic rings. The van der Waals surface area contributed by atoms with Crippen LogP contribution in [0.3, 0.4) is 0 Å². The van der Waals surface area contributed by atoms with E-state index in [1.54, 1.807) is 37.3 Å². The fourth-order valence-corrected chi connectivity index (χ4v) is 1.81. The fraction of sp³-hybridized carbons (Fsp3) is 0.400. The third kappa shape index (κ3) is 4.59. The third-order valence-electron chi connectivity index (χ3n) is 3.03. The van der Waals surface area contributed by atoms with Gasteiger partial charge in [0.1, 0.15) is 0 Å². The summed E-state index contributed by atoms with van der Waals surface area (Å²) in [7, 11) is 0. The number of carbonyl (C=O) groups excluding carboxylic acids is 2. The van der Waals surface area contributed by atoms with E-state index in [1.165, 1.54) is 6.92 Å². The third-order valence-corrected chi connectivity index (χ3v) is 3.03. The minimum Gasteiger partial charge on any atom is -0.479 e. The molecule has 0 aromatic heterocycles. The Morgan fingerprint density at radius 2 is 1.81 bits per heavy atom. The van der Waals surface area contributed by atoms with Crippen LogP contribution in [-0.2, 0) is 24.7 Å². The van der Waals surface area contributed by atoms with Gasteiger partial charge in [-0.2, -0.15) is 0 Å². The van der Waals surface area contributed by atoms with E-state index in [2.05, 4.69) is 5.32 Å². The van der Waals surface area contributed by atoms with Gasteiger partial charge in [-0.1, -0.05) is 30.3 Å². The van der Waals surface area contributed by atoms with Crippen molar-refractivity contribution in [3.05, 3.63) is 35.9 Å². The first-order valence-electron chi connectivity index (χ1n) is 6.65. The molecule has 0 aliphatic heterocycles. The molecule has 0 spiro atoms. The van der Waals surface area contributed by atoms with Crippen molar-refractivity contribution in [3.63, 3.8) is 0 Å². The van der Waals surface area contributed by atoms with E-state index in [0.29, 0.717) is 5.56 Å². The number of benzene rings is 1. The molecular weight excluding hydrogens is 274 g/mol. The molecule has 1 amide bonds. The van der Waals surface area contributed by atoms with Crippen molar-refractivity contribution in [3.8, 4) is 0 Å². The molecule has 1 rings (SSSR count). The van der Waals surface area contributed by atoms with E-state index >= 15 is 0 Å². The Hall–Kier alpha value is -2.37. The van der Waals surface area contributed by atoms with Gasteiger partial charge < -0.3 is 15.2 Å². The van der Waals surface area contributed by atoms with E-state index in [4.69, 9.17) is 4.74 Å². The van der Waals surface area contributed by atoms with Gasteiger partial charge in [-0.3, -0.25) is 9.59 Å². The first-order valence-corrected chi connectivity index (χ1v) is 6.65. The Labute approximate surface area is 123 Å². The number of carbonyl (C=O) groups is 3. The molecule has 1 aromatic carbocycles. The molecule has 114 valence electrons. The van der Waals surface area contributed by atoms with E-state index in [-0.39, 0.29) is 19.4 Å². The minimum atomic E-state index is -1.53. The lowest BCUT2D eigenvalue weighted by Crippen LogP contribution is -2.49. The Bertz CT molecular complexity index is 514. The predicted molar refractivity (Wildman–Crippen MR) is 75.4 cm³/mol. The maximum absolute atomic E-state index is 11.9. The number of carboxylic acid groups (broad SMARTS) is 1. The normalized spacial score (nSPS) is 13.0. The molecule has 0 heterocycles. The number of nitrogens with one attached hydrogen (secondary N) is 1. The summed E-state index contributed by atoms with van der Waals surface area (Å²) >= 11 is 0. The maximum atomic E-state index is 11.9. The van der Waals surface area contributed by atoms with Gasteiger partial charge in [0.05, 0.1) is 13.0 Å². The molecule has 6 nitrogen and oxygen atoms in total. The lowest BCUT2D eigenvalue weighted by molar-refractivity contribution is -0.148. The molecule has 0 aliphatic carbocycles. The van der Waals surface area contributed by atoms with Crippen LogP contribution in [0.25, 0.3) is 0 Å². The Balaban J connectivity index is 2.73. The quantitative estimate of drug-likeness (QED) is 0.742. The summed E-state index contributed by atoms with van der Waals surface area (Å²) in [6, 6.07) is 8.40. The number of hydrogen-bond acceptors (Lipinski definition) is 4. The van der Waals surface area contributed by atoms with Crippen molar-refractivity contribution in [2.45, 2.75) is 32.2 Å². The Morgan fingerprint density at radius 3 is 2.33 bits per heavy atom. The topological polar surface area (TPSA) is 92.7 Å². The molecule has 6 heteroatoms. The second kappa shape index (κ2) is 7.42. The zero-order valence-electron chi connectivity index (χ0n) is 12.1. The van der Waals surface area contributed by atoms with Gasteiger partial charge in [0.2, 0.25) is 5.91 Å². The highest BCUT2D eigenvalue weighted by molar-refractivity contribution is 5.89. The zero-order chi connectivity index (χ0) is 15.9. The fourth-order valence-electron chi connectivity index (χ4n) is 1.81. The summed E-state index contributed by atoms with van der Waals surface area (Å²) in [5.74, 6) is -2.17. The van der Waals surface area contributed by atoms with Crippen molar-refractivity contribution in [2.75, 3.05) is 6.61 Å². The number of esters is 1. The maximum Gasteiger partial charge on any atom is 0.333 e. The lowest BCUT2D eigenvalue weighted by atomic mass is 9.92. The molecule has 0 saturated heterocycles. The molecule has 0 aliphatic rings. The molecule has 2 N–H and O–H groups in total. The van der Waals surface area contributed by atoms with Gasteiger partial charge in [0.15, 0.2) is 5.54 Å². The number of hydrogen-bond donors (Lipinski definition) is 2. The van der Waals surface area contributed by atoms with E-state index < -0.39 is 23.4 Å².